The maximum Gasteiger partial charge on any atom is 0.154 e. The van der Waals surface area contributed by atoms with E-state index in [1.807, 2.05) is 23.5 Å². The lowest BCUT2D eigenvalue weighted by Crippen LogP contribution is -2.09. The lowest BCUT2D eigenvalue weighted by molar-refractivity contribution is 0.673. The lowest BCUT2D eigenvalue weighted by atomic mass is 10.0. The Labute approximate surface area is 281 Å². The Kier molecular flexibility index (Phi) is 6.05. The maximum atomic E-state index is 6.26. The van der Waals surface area contributed by atoms with Crippen molar-refractivity contribution in [1.29, 1.82) is 0 Å². The standard InChI is InChI=1S/C44H28N2OS/c1-3-11-31(12-4-1)45(34-24-26-40-38(28-34)35-15-7-9-17-39(35)46(40)32-13-5-2-6-14-32)33-22-19-29(20-23-33)30-21-25-37-42(27-30)48-44-36-16-8-10-18-41(36)47-43(37)44/h1-28H. The SMILES string of the molecule is c1ccc(N(c2ccc(-c3ccc4c(c3)sc3c5ccccc5oc43)cc2)c2ccc3c(c2)c2ccccc2n3-c2ccccc2)cc1. The Balaban J connectivity index is 1.07. The van der Waals surface area contributed by atoms with Crippen molar-refractivity contribution in [1.82, 2.24) is 4.57 Å². The van der Waals surface area contributed by atoms with Gasteiger partial charge in [0.05, 0.1) is 15.7 Å². The highest BCUT2D eigenvalue weighted by molar-refractivity contribution is 7.26. The molecule has 3 nitrogen and oxygen atoms in total. The topological polar surface area (TPSA) is 21.3 Å². The van der Waals surface area contributed by atoms with Crippen LogP contribution in [-0.2, 0) is 0 Å². The molecule has 0 aliphatic heterocycles. The summed E-state index contributed by atoms with van der Waals surface area (Å²) in [6.45, 7) is 0. The minimum absolute atomic E-state index is 0.949. The Morgan fingerprint density at radius 1 is 0.458 bits per heavy atom. The van der Waals surface area contributed by atoms with Gasteiger partial charge in [-0.15, -0.1) is 11.3 Å². The summed E-state index contributed by atoms with van der Waals surface area (Å²) in [5.41, 5.74) is 11.2. The van der Waals surface area contributed by atoms with E-state index in [-0.39, 0.29) is 0 Å². The smallest absolute Gasteiger partial charge is 0.154 e. The number of rotatable bonds is 5. The molecule has 0 aliphatic rings. The van der Waals surface area contributed by atoms with Gasteiger partial charge in [0.25, 0.3) is 0 Å². The summed E-state index contributed by atoms with van der Waals surface area (Å²) < 4.78 is 11.1. The molecule has 10 aromatic rings. The molecule has 0 spiro atoms. The Morgan fingerprint density at radius 2 is 1.10 bits per heavy atom. The minimum atomic E-state index is 0.949. The average molecular weight is 633 g/mol. The molecule has 0 saturated heterocycles. The molecule has 3 heterocycles. The number of aromatic nitrogens is 1. The monoisotopic (exact) mass is 632 g/mol. The molecular weight excluding hydrogens is 605 g/mol. The number of hydrogen-bond acceptors (Lipinski definition) is 3. The van der Waals surface area contributed by atoms with Crippen LogP contribution in [0.4, 0.5) is 17.1 Å². The summed E-state index contributed by atoms with van der Waals surface area (Å²) in [6, 6.07) is 60.7. The second-order valence-corrected chi connectivity index (χ2v) is 13.2. The number of para-hydroxylation sites is 4. The van der Waals surface area contributed by atoms with Crippen molar-refractivity contribution < 1.29 is 4.42 Å². The van der Waals surface area contributed by atoms with Gasteiger partial charge < -0.3 is 13.9 Å². The molecule has 0 fully saturated rings. The molecule has 226 valence electrons. The van der Waals surface area contributed by atoms with Crippen LogP contribution in [0, 0.1) is 0 Å². The molecule has 0 atom stereocenters. The van der Waals surface area contributed by atoms with Crippen molar-refractivity contribution in [3.63, 3.8) is 0 Å². The largest absolute Gasteiger partial charge is 0.454 e. The van der Waals surface area contributed by atoms with E-state index in [1.165, 1.54) is 53.1 Å². The van der Waals surface area contributed by atoms with Crippen LogP contribution in [0.25, 0.3) is 70.0 Å². The number of fused-ring (bicyclic) bond motifs is 8. The number of nitrogens with zero attached hydrogens (tertiary/aromatic N) is 2. The molecular formula is C44H28N2OS. The molecule has 4 heteroatoms. The normalized spacial score (nSPS) is 11.8. The van der Waals surface area contributed by atoms with Gasteiger partial charge in [0.2, 0.25) is 0 Å². The molecule has 0 unspecified atom stereocenters. The van der Waals surface area contributed by atoms with E-state index in [9.17, 15) is 0 Å². The van der Waals surface area contributed by atoms with Crippen LogP contribution in [0.2, 0.25) is 0 Å². The van der Waals surface area contributed by atoms with Crippen LogP contribution in [0.15, 0.2) is 174 Å². The van der Waals surface area contributed by atoms with E-state index < -0.39 is 0 Å². The van der Waals surface area contributed by atoms with Crippen molar-refractivity contribution in [2.45, 2.75) is 0 Å². The van der Waals surface area contributed by atoms with E-state index >= 15 is 0 Å². The molecule has 0 bridgehead atoms. The fourth-order valence-corrected chi connectivity index (χ4v) is 8.37. The number of benzene rings is 7. The van der Waals surface area contributed by atoms with Gasteiger partial charge in [0.15, 0.2) is 5.58 Å². The van der Waals surface area contributed by atoms with Crippen LogP contribution >= 0.6 is 11.3 Å². The summed E-state index contributed by atoms with van der Waals surface area (Å²) in [5.74, 6) is 0. The molecule has 0 saturated carbocycles. The van der Waals surface area contributed by atoms with Crippen molar-refractivity contribution in [3.05, 3.63) is 170 Å². The van der Waals surface area contributed by atoms with Crippen LogP contribution in [0.3, 0.4) is 0 Å². The molecule has 0 aliphatic carbocycles. The van der Waals surface area contributed by atoms with E-state index in [4.69, 9.17) is 4.42 Å². The van der Waals surface area contributed by atoms with Crippen LogP contribution in [-0.4, -0.2) is 4.57 Å². The summed E-state index contributed by atoms with van der Waals surface area (Å²) >= 11 is 1.81. The van der Waals surface area contributed by atoms with Crippen molar-refractivity contribution in [2.75, 3.05) is 4.90 Å². The van der Waals surface area contributed by atoms with E-state index in [0.29, 0.717) is 0 Å². The summed E-state index contributed by atoms with van der Waals surface area (Å²) in [6.07, 6.45) is 0. The van der Waals surface area contributed by atoms with Crippen molar-refractivity contribution in [2.24, 2.45) is 0 Å². The zero-order valence-corrected chi connectivity index (χ0v) is 26.7. The van der Waals surface area contributed by atoms with Gasteiger partial charge in [-0.2, -0.15) is 0 Å². The minimum Gasteiger partial charge on any atom is -0.454 e. The highest BCUT2D eigenvalue weighted by Crippen LogP contribution is 2.43. The Hall–Kier alpha value is -6.10. The number of anilines is 3. The zero-order chi connectivity index (χ0) is 31.6. The highest BCUT2D eigenvalue weighted by Gasteiger charge is 2.18. The van der Waals surface area contributed by atoms with Gasteiger partial charge >= 0.3 is 0 Å². The molecule has 0 N–H and O–H groups in total. The molecule has 48 heavy (non-hydrogen) atoms. The predicted octanol–water partition coefficient (Wildman–Crippen LogP) is 13.0. The number of hydrogen-bond donors (Lipinski definition) is 0. The first-order chi connectivity index (χ1) is 23.8. The van der Waals surface area contributed by atoms with Gasteiger partial charge in [-0.3, -0.25) is 0 Å². The highest BCUT2D eigenvalue weighted by atomic mass is 32.1. The zero-order valence-electron chi connectivity index (χ0n) is 25.9. The summed E-state index contributed by atoms with van der Waals surface area (Å²) in [4.78, 5) is 2.35. The fourth-order valence-electron chi connectivity index (χ4n) is 7.17. The first-order valence-corrected chi connectivity index (χ1v) is 17.0. The maximum absolute atomic E-state index is 6.26. The summed E-state index contributed by atoms with van der Waals surface area (Å²) in [7, 11) is 0. The average Bonchev–Trinajstić information content (AvgIpc) is 3.80. The molecule has 10 rings (SSSR count). The van der Waals surface area contributed by atoms with Gasteiger partial charge in [0.1, 0.15) is 5.58 Å². The second-order valence-electron chi connectivity index (χ2n) is 12.2. The number of furan rings is 1. The predicted molar refractivity (Wildman–Crippen MR) is 204 cm³/mol. The van der Waals surface area contributed by atoms with E-state index in [0.717, 1.165) is 33.9 Å². The first-order valence-electron chi connectivity index (χ1n) is 16.2. The molecule has 3 aromatic heterocycles. The Morgan fingerprint density at radius 3 is 1.94 bits per heavy atom. The summed E-state index contributed by atoms with van der Waals surface area (Å²) in [5, 5.41) is 4.83. The van der Waals surface area contributed by atoms with Crippen molar-refractivity contribution >= 4 is 81.5 Å². The quantitative estimate of drug-likeness (QED) is 0.188. The third kappa shape index (κ3) is 4.20. The molecule has 0 radical (unpaired) electrons. The van der Waals surface area contributed by atoms with Gasteiger partial charge in [-0.05, 0) is 96.1 Å². The van der Waals surface area contributed by atoms with E-state index in [1.54, 1.807) is 0 Å². The lowest BCUT2D eigenvalue weighted by Gasteiger charge is -2.26. The first kappa shape index (κ1) is 27.1. The molecule has 0 amide bonds. The van der Waals surface area contributed by atoms with Crippen molar-refractivity contribution in [3.8, 4) is 16.8 Å². The van der Waals surface area contributed by atoms with Gasteiger partial charge in [-0.25, -0.2) is 0 Å². The third-order valence-corrected chi connectivity index (χ3v) is 10.6. The Bertz CT molecular complexity index is 2770. The number of thiophene rings is 1. The second kappa shape index (κ2) is 10.7. The third-order valence-electron chi connectivity index (χ3n) is 9.39. The molecule has 7 aromatic carbocycles. The van der Waals surface area contributed by atoms with Crippen LogP contribution in [0.1, 0.15) is 0 Å². The van der Waals surface area contributed by atoms with E-state index in [2.05, 4.69) is 167 Å². The fraction of sp³-hybridized carbons (Fsp3) is 0. The van der Waals surface area contributed by atoms with Crippen LogP contribution < -0.4 is 4.90 Å². The van der Waals surface area contributed by atoms with Gasteiger partial charge in [-0.1, -0.05) is 84.9 Å². The van der Waals surface area contributed by atoms with Crippen LogP contribution in [0.5, 0.6) is 0 Å². The van der Waals surface area contributed by atoms with Gasteiger partial charge in [0, 0.05) is 49.0 Å².